The van der Waals surface area contributed by atoms with E-state index in [1.165, 1.54) is 0 Å². The highest BCUT2D eigenvalue weighted by Crippen LogP contribution is 2.12. The summed E-state index contributed by atoms with van der Waals surface area (Å²) in [6, 6.07) is 6.97. The predicted molar refractivity (Wildman–Crippen MR) is 53.6 cm³/mol. The van der Waals surface area contributed by atoms with Gasteiger partial charge in [0.2, 0.25) is 0 Å². The second-order valence-electron chi connectivity index (χ2n) is 2.97. The number of carbonyl (C=O) groups is 1. The van der Waals surface area contributed by atoms with Crippen molar-refractivity contribution in [2.75, 3.05) is 6.61 Å². The average Bonchev–Trinajstić information content (AvgIpc) is 2.25. The maximum Gasteiger partial charge on any atom is 0.341 e. The summed E-state index contributed by atoms with van der Waals surface area (Å²) in [7, 11) is 0. The Labute approximate surface area is 87.5 Å². The fourth-order valence-electron chi connectivity index (χ4n) is 1.09. The largest absolute Gasteiger partial charge is 0.482 e. The van der Waals surface area contributed by atoms with Gasteiger partial charge in [-0.25, -0.2) is 4.79 Å². The van der Waals surface area contributed by atoms with Crippen LogP contribution >= 0.6 is 0 Å². The van der Waals surface area contributed by atoms with E-state index >= 15 is 0 Å². The van der Waals surface area contributed by atoms with Gasteiger partial charge in [-0.2, -0.15) is 0 Å². The molecule has 79 valence electrons. The van der Waals surface area contributed by atoms with Crippen LogP contribution < -0.4 is 4.74 Å². The average molecular weight is 207 g/mol. The summed E-state index contributed by atoms with van der Waals surface area (Å²) in [4.78, 5) is 20.2. The molecule has 1 rings (SSSR count). The van der Waals surface area contributed by atoms with E-state index in [2.05, 4.69) is 0 Å². The minimum absolute atomic E-state index is 0.346. The summed E-state index contributed by atoms with van der Waals surface area (Å²) in [5.41, 5.74) is 1.00. The minimum Gasteiger partial charge on any atom is -0.482 e. The van der Waals surface area contributed by atoms with Gasteiger partial charge in [0.25, 0.3) is 0 Å². The molecule has 0 amide bonds. The SMILES string of the molecule is O=[C]CCc1ccc(OCC(=O)O)cc1. The Kier molecular flexibility index (Phi) is 4.34. The number of rotatable bonds is 6. The van der Waals surface area contributed by atoms with Crippen molar-refractivity contribution < 1.29 is 19.4 Å². The topological polar surface area (TPSA) is 63.6 Å². The van der Waals surface area contributed by atoms with E-state index in [0.29, 0.717) is 18.6 Å². The second-order valence-corrected chi connectivity index (χ2v) is 2.97. The van der Waals surface area contributed by atoms with Crippen LogP contribution in [0.4, 0.5) is 0 Å². The van der Waals surface area contributed by atoms with E-state index < -0.39 is 5.97 Å². The molecular weight excluding hydrogens is 196 g/mol. The zero-order chi connectivity index (χ0) is 11.1. The lowest BCUT2D eigenvalue weighted by atomic mass is 10.1. The molecule has 0 fully saturated rings. The van der Waals surface area contributed by atoms with Gasteiger partial charge in [-0.15, -0.1) is 0 Å². The number of ether oxygens (including phenoxy) is 1. The number of hydrogen-bond acceptors (Lipinski definition) is 3. The Morgan fingerprint density at radius 3 is 2.53 bits per heavy atom. The molecule has 0 saturated heterocycles. The lowest BCUT2D eigenvalue weighted by Crippen LogP contribution is -2.09. The van der Waals surface area contributed by atoms with Gasteiger partial charge in [-0.05, 0) is 24.1 Å². The summed E-state index contributed by atoms with van der Waals surface area (Å²) < 4.78 is 4.95. The molecule has 0 aromatic heterocycles. The van der Waals surface area contributed by atoms with Crippen molar-refractivity contribution in [3.05, 3.63) is 29.8 Å². The van der Waals surface area contributed by atoms with E-state index in [-0.39, 0.29) is 6.61 Å². The second kappa shape index (κ2) is 5.80. The Morgan fingerprint density at radius 2 is 2.00 bits per heavy atom. The molecule has 4 heteroatoms. The molecule has 0 bridgehead atoms. The van der Waals surface area contributed by atoms with Crippen molar-refractivity contribution in [3.63, 3.8) is 0 Å². The van der Waals surface area contributed by atoms with E-state index in [1.54, 1.807) is 24.3 Å². The van der Waals surface area contributed by atoms with Crippen molar-refractivity contribution in [2.24, 2.45) is 0 Å². The standard InChI is InChI=1S/C11H11O4/c12-7-1-2-9-3-5-10(6-4-9)15-8-11(13)14/h3-6H,1-2,8H2,(H,13,14). The number of benzene rings is 1. The Hall–Kier alpha value is -1.84. The minimum atomic E-state index is -1.00. The molecular formula is C11H11O4. The van der Waals surface area contributed by atoms with Crippen LogP contribution in [0.25, 0.3) is 0 Å². The summed E-state index contributed by atoms with van der Waals surface area (Å²) >= 11 is 0. The fraction of sp³-hybridized carbons (Fsp3) is 0.273. The van der Waals surface area contributed by atoms with Gasteiger partial charge < -0.3 is 9.84 Å². The van der Waals surface area contributed by atoms with E-state index in [1.807, 2.05) is 6.29 Å². The lowest BCUT2D eigenvalue weighted by molar-refractivity contribution is -0.139. The van der Waals surface area contributed by atoms with Crippen LogP contribution in [0, 0.1) is 0 Å². The molecule has 0 aliphatic carbocycles. The predicted octanol–water partition coefficient (Wildman–Crippen LogP) is 1.19. The normalized spacial score (nSPS) is 9.60. The Bertz CT molecular complexity index is 329. The zero-order valence-electron chi connectivity index (χ0n) is 8.10. The number of carboxylic acid groups (broad SMARTS) is 1. The number of carbonyl (C=O) groups excluding carboxylic acids is 1. The summed E-state index contributed by atoms with van der Waals surface area (Å²) in [5, 5.41) is 8.38. The molecule has 0 atom stereocenters. The van der Waals surface area contributed by atoms with Crippen LogP contribution in [0.5, 0.6) is 5.75 Å². The van der Waals surface area contributed by atoms with Gasteiger partial charge in [0.1, 0.15) is 5.75 Å². The zero-order valence-corrected chi connectivity index (χ0v) is 8.10. The lowest BCUT2D eigenvalue weighted by Gasteiger charge is -2.03. The van der Waals surface area contributed by atoms with Crippen molar-refractivity contribution in [2.45, 2.75) is 12.8 Å². The third kappa shape index (κ3) is 4.26. The molecule has 1 radical (unpaired) electrons. The molecule has 0 saturated carbocycles. The third-order valence-corrected chi connectivity index (χ3v) is 1.80. The van der Waals surface area contributed by atoms with Crippen LogP contribution in [0.2, 0.25) is 0 Å². The summed E-state index contributed by atoms with van der Waals surface area (Å²) in [6.45, 7) is -0.346. The number of aryl methyl sites for hydroxylation is 1. The molecule has 15 heavy (non-hydrogen) atoms. The third-order valence-electron chi connectivity index (χ3n) is 1.80. The van der Waals surface area contributed by atoms with Crippen LogP contribution in [-0.4, -0.2) is 24.0 Å². The van der Waals surface area contributed by atoms with Gasteiger partial charge in [0.05, 0.1) is 0 Å². The molecule has 4 nitrogen and oxygen atoms in total. The first-order chi connectivity index (χ1) is 7.22. The van der Waals surface area contributed by atoms with Crippen molar-refractivity contribution >= 4 is 12.3 Å². The fourth-order valence-corrected chi connectivity index (χ4v) is 1.09. The van der Waals surface area contributed by atoms with E-state index in [0.717, 1.165) is 5.56 Å². The van der Waals surface area contributed by atoms with Crippen molar-refractivity contribution in [1.82, 2.24) is 0 Å². The smallest absolute Gasteiger partial charge is 0.341 e. The quantitative estimate of drug-likeness (QED) is 0.761. The van der Waals surface area contributed by atoms with Crippen LogP contribution in [0.3, 0.4) is 0 Å². The molecule has 1 aromatic carbocycles. The first-order valence-electron chi connectivity index (χ1n) is 4.51. The van der Waals surface area contributed by atoms with Crippen LogP contribution in [-0.2, 0) is 16.0 Å². The van der Waals surface area contributed by atoms with Gasteiger partial charge in [-0.1, -0.05) is 12.1 Å². The first kappa shape index (κ1) is 11.2. The van der Waals surface area contributed by atoms with Crippen molar-refractivity contribution in [3.8, 4) is 5.75 Å². The van der Waals surface area contributed by atoms with E-state index in [4.69, 9.17) is 9.84 Å². The summed E-state index contributed by atoms with van der Waals surface area (Å²) in [6.07, 6.45) is 2.82. The monoisotopic (exact) mass is 207 g/mol. The summed E-state index contributed by atoms with van der Waals surface area (Å²) in [5.74, 6) is -0.495. The number of aliphatic carboxylic acids is 1. The van der Waals surface area contributed by atoms with Gasteiger partial charge in [0, 0.05) is 6.42 Å². The number of hydrogen-bond donors (Lipinski definition) is 1. The van der Waals surface area contributed by atoms with Gasteiger partial charge >= 0.3 is 5.97 Å². The highest BCUT2D eigenvalue weighted by atomic mass is 16.5. The highest BCUT2D eigenvalue weighted by molar-refractivity contribution is 5.68. The molecule has 0 aliphatic heterocycles. The Morgan fingerprint density at radius 1 is 1.33 bits per heavy atom. The van der Waals surface area contributed by atoms with E-state index in [9.17, 15) is 9.59 Å². The van der Waals surface area contributed by atoms with Crippen LogP contribution in [0.1, 0.15) is 12.0 Å². The number of carboxylic acids is 1. The van der Waals surface area contributed by atoms with Crippen LogP contribution in [0.15, 0.2) is 24.3 Å². The molecule has 0 unspecified atom stereocenters. The Balaban J connectivity index is 2.48. The molecule has 0 spiro atoms. The molecule has 0 heterocycles. The van der Waals surface area contributed by atoms with Gasteiger partial charge in [0.15, 0.2) is 12.9 Å². The molecule has 1 N–H and O–H groups in total. The first-order valence-corrected chi connectivity index (χ1v) is 4.51. The maximum absolute atomic E-state index is 10.2. The van der Waals surface area contributed by atoms with Crippen molar-refractivity contribution in [1.29, 1.82) is 0 Å². The molecule has 0 aliphatic rings. The van der Waals surface area contributed by atoms with Gasteiger partial charge in [-0.3, -0.25) is 4.79 Å². The highest BCUT2D eigenvalue weighted by Gasteiger charge is 1.99. The molecule has 1 aromatic rings. The maximum atomic E-state index is 10.2.